The number of likely N-dealkylation sites (N-methyl/N-ethyl adjacent to an activating group) is 1. The van der Waals surface area contributed by atoms with Gasteiger partial charge in [-0.2, -0.15) is 5.10 Å². The number of fused-ring (bicyclic) bond motifs is 1. The van der Waals surface area contributed by atoms with E-state index in [1.165, 1.54) is 12.8 Å². The Kier molecular flexibility index (Phi) is 7.86. The Hall–Kier alpha value is -4.37. The minimum atomic E-state index is 0.0633. The van der Waals surface area contributed by atoms with Crippen LogP contribution in [0.4, 0.5) is 5.82 Å². The van der Waals surface area contributed by atoms with E-state index in [2.05, 4.69) is 32.4 Å². The number of pyridine rings is 1. The first-order valence-corrected chi connectivity index (χ1v) is 14.3. The van der Waals surface area contributed by atoms with E-state index < -0.39 is 0 Å². The van der Waals surface area contributed by atoms with Crippen molar-refractivity contribution in [2.75, 3.05) is 32.0 Å². The number of rotatable bonds is 10. The second-order valence-electron chi connectivity index (χ2n) is 10.9. The van der Waals surface area contributed by atoms with Crippen LogP contribution in [0.15, 0.2) is 72.9 Å². The van der Waals surface area contributed by atoms with Gasteiger partial charge in [0.05, 0.1) is 0 Å². The van der Waals surface area contributed by atoms with E-state index in [-0.39, 0.29) is 11.9 Å². The highest BCUT2D eigenvalue weighted by Crippen LogP contribution is 2.35. The van der Waals surface area contributed by atoms with Crippen molar-refractivity contribution in [3.63, 3.8) is 0 Å². The zero-order chi connectivity index (χ0) is 28.2. The SMILES string of the molecule is Cc1cc(Oc2ccnc3[nH]nc(N[C@@H]4CCCN(C(=O)/C=C/CN(C)C5CC5)C4)c23)ccc1Oc1ccccc1. The zero-order valence-electron chi connectivity index (χ0n) is 23.5. The van der Waals surface area contributed by atoms with Crippen LogP contribution < -0.4 is 14.8 Å². The Morgan fingerprint density at radius 1 is 1.10 bits per heavy atom. The van der Waals surface area contributed by atoms with E-state index in [9.17, 15) is 4.79 Å². The number of nitrogens with zero attached hydrogens (tertiary/aromatic N) is 4. The maximum absolute atomic E-state index is 12.9. The molecule has 6 rings (SSSR count). The topological polar surface area (TPSA) is 95.6 Å². The minimum Gasteiger partial charge on any atom is -0.457 e. The van der Waals surface area contributed by atoms with Crippen molar-refractivity contribution >= 4 is 22.8 Å². The molecule has 1 saturated heterocycles. The first-order valence-electron chi connectivity index (χ1n) is 14.3. The molecular weight excluding hydrogens is 516 g/mol. The van der Waals surface area contributed by atoms with Crippen LogP contribution in [0.3, 0.4) is 0 Å². The fourth-order valence-corrected chi connectivity index (χ4v) is 5.23. The number of hydrogen-bond donors (Lipinski definition) is 2. The third-order valence-corrected chi connectivity index (χ3v) is 7.67. The van der Waals surface area contributed by atoms with Gasteiger partial charge in [-0.3, -0.25) is 14.8 Å². The highest BCUT2D eigenvalue weighted by molar-refractivity contribution is 5.93. The van der Waals surface area contributed by atoms with Crippen LogP contribution in [0, 0.1) is 6.92 Å². The molecule has 2 N–H and O–H groups in total. The number of anilines is 1. The number of benzene rings is 2. The molecule has 41 heavy (non-hydrogen) atoms. The maximum Gasteiger partial charge on any atom is 0.246 e. The second-order valence-corrected chi connectivity index (χ2v) is 10.9. The monoisotopic (exact) mass is 552 g/mol. The Morgan fingerprint density at radius 2 is 1.93 bits per heavy atom. The van der Waals surface area contributed by atoms with Gasteiger partial charge in [-0.15, -0.1) is 0 Å². The molecule has 0 bridgehead atoms. The Morgan fingerprint density at radius 3 is 2.73 bits per heavy atom. The molecule has 1 atom stereocenters. The van der Waals surface area contributed by atoms with E-state index in [4.69, 9.17) is 9.47 Å². The lowest BCUT2D eigenvalue weighted by Crippen LogP contribution is -2.44. The highest BCUT2D eigenvalue weighted by atomic mass is 16.5. The summed E-state index contributed by atoms with van der Waals surface area (Å²) in [4.78, 5) is 21.5. The van der Waals surface area contributed by atoms with Crippen LogP contribution >= 0.6 is 0 Å². The normalized spacial score (nSPS) is 17.3. The number of nitrogens with one attached hydrogen (secondary N) is 2. The summed E-state index contributed by atoms with van der Waals surface area (Å²) in [7, 11) is 2.12. The van der Waals surface area contributed by atoms with E-state index in [0.717, 1.165) is 48.4 Å². The van der Waals surface area contributed by atoms with Crippen LogP contribution in [0.5, 0.6) is 23.0 Å². The van der Waals surface area contributed by atoms with Gasteiger partial charge in [-0.1, -0.05) is 24.3 Å². The lowest BCUT2D eigenvalue weighted by atomic mass is 10.1. The molecule has 1 saturated carbocycles. The largest absolute Gasteiger partial charge is 0.457 e. The van der Waals surface area contributed by atoms with E-state index in [0.29, 0.717) is 35.6 Å². The van der Waals surface area contributed by atoms with Crippen LogP contribution in [0.2, 0.25) is 0 Å². The number of para-hydroxylation sites is 1. The lowest BCUT2D eigenvalue weighted by molar-refractivity contribution is -0.127. The van der Waals surface area contributed by atoms with Crippen molar-refractivity contribution in [1.29, 1.82) is 0 Å². The summed E-state index contributed by atoms with van der Waals surface area (Å²) in [6.45, 7) is 4.19. The highest BCUT2D eigenvalue weighted by Gasteiger charge is 2.26. The summed E-state index contributed by atoms with van der Waals surface area (Å²) in [5, 5.41) is 11.9. The molecular formula is C32H36N6O3. The zero-order valence-corrected chi connectivity index (χ0v) is 23.5. The smallest absolute Gasteiger partial charge is 0.246 e. The first kappa shape index (κ1) is 26.8. The van der Waals surface area contributed by atoms with Crippen molar-refractivity contribution in [3.05, 3.63) is 78.5 Å². The summed E-state index contributed by atoms with van der Waals surface area (Å²) in [6, 6.07) is 18.1. The molecule has 1 aliphatic heterocycles. The number of carbonyl (C=O) groups excluding carboxylic acids is 1. The minimum absolute atomic E-state index is 0.0633. The Labute approximate surface area is 240 Å². The fourth-order valence-electron chi connectivity index (χ4n) is 5.23. The number of likely N-dealkylation sites (tertiary alicyclic amines) is 1. The molecule has 2 aliphatic rings. The number of aryl methyl sites for hydroxylation is 1. The molecule has 212 valence electrons. The van der Waals surface area contributed by atoms with Crippen molar-refractivity contribution in [1.82, 2.24) is 25.0 Å². The number of aromatic nitrogens is 3. The van der Waals surface area contributed by atoms with Crippen molar-refractivity contribution in [3.8, 4) is 23.0 Å². The molecule has 0 radical (unpaired) electrons. The molecule has 2 aromatic carbocycles. The molecule has 2 aromatic heterocycles. The standard InChI is InChI=1S/C32H36N6O3/c1-22-20-26(14-15-27(22)40-25-9-4-3-5-10-25)41-28-16-17-33-31-30(28)32(36-35-31)34-23-8-6-19-38(21-23)29(39)11-7-18-37(2)24-12-13-24/h3-5,7,9-11,14-17,20,23-24H,6,8,12-13,18-19,21H2,1-2H3,(H2,33,34,35,36)/b11-7+/t23-/m1/s1. The van der Waals surface area contributed by atoms with Crippen LogP contribution in [0.25, 0.3) is 11.0 Å². The van der Waals surface area contributed by atoms with Gasteiger partial charge >= 0.3 is 0 Å². The summed E-state index contributed by atoms with van der Waals surface area (Å²) in [5.74, 6) is 3.63. The van der Waals surface area contributed by atoms with Gasteiger partial charge in [0.15, 0.2) is 11.5 Å². The summed E-state index contributed by atoms with van der Waals surface area (Å²) < 4.78 is 12.4. The molecule has 4 aromatic rings. The molecule has 1 amide bonds. The van der Waals surface area contributed by atoms with E-state index in [1.54, 1.807) is 12.3 Å². The molecule has 9 nitrogen and oxygen atoms in total. The second kappa shape index (κ2) is 12.0. The van der Waals surface area contributed by atoms with Gasteiger partial charge in [0.1, 0.15) is 28.4 Å². The van der Waals surface area contributed by atoms with Gasteiger partial charge in [0, 0.05) is 50.1 Å². The number of hydrogen-bond acceptors (Lipinski definition) is 7. The third-order valence-electron chi connectivity index (χ3n) is 7.67. The number of carbonyl (C=O) groups is 1. The van der Waals surface area contributed by atoms with E-state index in [1.807, 2.05) is 72.5 Å². The fraction of sp³-hybridized carbons (Fsp3) is 0.344. The van der Waals surface area contributed by atoms with Gasteiger partial charge in [0.25, 0.3) is 0 Å². The van der Waals surface area contributed by atoms with Gasteiger partial charge in [-0.05, 0) is 75.5 Å². The first-order chi connectivity index (χ1) is 20.0. The molecule has 2 fully saturated rings. The molecule has 0 unspecified atom stereocenters. The summed E-state index contributed by atoms with van der Waals surface area (Å²) >= 11 is 0. The lowest BCUT2D eigenvalue weighted by Gasteiger charge is -2.32. The molecule has 3 heterocycles. The molecule has 1 aliphatic carbocycles. The van der Waals surface area contributed by atoms with Gasteiger partial charge < -0.3 is 19.7 Å². The number of H-pyrrole nitrogens is 1. The van der Waals surface area contributed by atoms with Crippen LogP contribution in [-0.4, -0.2) is 69.7 Å². The van der Waals surface area contributed by atoms with Gasteiger partial charge in [0.2, 0.25) is 5.91 Å². The quantitative estimate of drug-likeness (QED) is 0.236. The number of aromatic amines is 1. The van der Waals surface area contributed by atoms with Crippen molar-refractivity contribution in [2.24, 2.45) is 0 Å². The van der Waals surface area contributed by atoms with Crippen molar-refractivity contribution in [2.45, 2.75) is 44.7 Å². The average Bonchev–Trinajstić information content (AvgIpc) is 3.76. The van der Waals surface area contributed by atoms with Gasteiger partial charge in [-0.25, -0.2) is 4.98 Å². The Balaban J connectivity index is 1.13. The number of ether oxygens (including phenoxy) is 2. The molecule has 0 spiro atoms. The summed E-state index contributed by atoms with van der Waals surface area (Å²) in [5.41, 5.74) is 1.60. The number of piperidine rings is 1. The molecule has 9 heteroatoms. The predicted molar refractivity (Wildman–Crippen MR) is 160 cm³/mol. The predicted octanol–water partition coefficient (Wildman–Crippen LogP) is 5.90. The average molecular weight is 553 g/mol. The van der Waals surface area contributed by atoms with Crippen molar-refractivity contribution < 1.29 is 14.3 Å². The summed E-state index contributed by atoms with van der Waals surface area (Å²) in [6.07, 6.45) is 9.81. The Bertz CT molecular complexity index is 1530. The van der Waals surface area contributed by atoms with Crippen LogP contribution in [0.1, 0.15) is 31.2 Å². The van der Waals surface area contributed by atoms with E-state index >= 15 is 0 Å². The third kappa shape index (κ3) is 6.52. The van der Waals surface area contributed by atoms with Crippen LogP contribution in [-0.2, 0) is 4.79 Å². The maximum atomic E-state index is 12.9. The number of amides is 1.